The fraction of sp³-hybridized carbons (Fsp3) is 0. The van der Waals surface area contributed by atoms with Crippen molar-refractivity contribution in [2.75, 3.05) is 0 Å². The van der Waals surface area contributed by atoms with Crippen molar-refractivity contribution in [1.29, 1.82) is 5.26 Å². The molecule has 0 atom stereocenters. The van der Waals surface area contributed by atoms with Crippen LogP contribution in [-0.2, 0) is 0 Å². The van der Waals surface area contributed by atoms with E-state index < -0.39 is 10.7 Å². The minimum Gasteiger partial charge on any atom is -0.454 e. The van der Waals surface area contributed by atoms with Crippen LogP contribution < -0.4 is 4.74 Å². The highest BCUT2D eigenvalue weighted by atomic mass is 35.5. The lowest BCUT2D eigenvalue weighted by molar-refractivity contribution is -0.384. The molecule has 0 saturated heterocycles. The number of rotatable bonds is 3. The van der Waals surface area contributed by atoms with E-state index in [1.807, 2.05) is 0 Å². The Morgan fingerprint density at radius 1 is 1.25 bits per heavy atom. The molecule has 7 heteroatoms. The van der Waals surface area contributed by atoms with E-state index in [0.29, 0.717) is 0 Å². The number of non-ortho nitro benzene ring substituents is 1. The van der Waals surface area contributed by atoms with Gasteiger partial charge in [-0.1, -0.05) is 11.6 Å². The Balaban J connectivity index is 2.42. The lowest BCUT2D eigenvalue weighted by Crippen LogP contribution is -1.93. The van der Waals surface area contributed by atoms with Crippen LogP contribution in [-0.4, -0.2) is 4.92 Å². The van der Waals surface area contributed by atoms with E-state index in [1.165, 1.54) is 18.2 Å². The molecule has 2 aromatic rings. The molecule has 0 aliphatic rings. The van der Waals surface area contributed by atoms with Crippen LogP contribution in [0.1, 0.15) is 5.56 Å². The second-order valence-corrected chi connectivity index (χ2v) is 4.13. The number of halogens is 2. The Labute approximate surface area is 117 Å². The highest BCUT2D eigenvalue weighted by molar-refractivity contribution is 6.32. The smallest absolute Gasteiger partial charge is 0.273 e. The van der Waals surface area contributed by atoms with E-state index in [2.05, 4.69) is 0 Å². The second-order valence-electron chi connectivity index (χ2n) is 3.73. The van der Waals surface area contributed by atoms with Gasteiger partial charge in [-0.15, -0.1) is 0 Å². The van der Waals surface area contributed by atoms with Crippen LogP contribution in [0.15, 0.2) is 36.4 Å². The molecule has 0 heterocycles. The van der Waals surface area contributed by atoms with Crippen LogP contribution in [0.5, 0.6) is 11.5 Å². The van der Waals surface area contributed by atoms with Crippen molar-refractivity contribution in [2.45, 2.75) is 0 Å². The van der Waals surface area contributed by atoms with Gasteiger partial charge in [-0.25, -0.2) is 4.39 Å². The minimum atomic E-state index is -0.598. The largest absolute Gasteiger partial charge is 0.454 e. The van der Waals surface area contributed by atoms with Gasteiger partial charge in [-0.2, -0.15) is 5.26 Å². The average Bonchev–Trinajstić information content (AvgIpc) is 2.42. The molecule has 0 N–H and O–H groups in total. The number of nitro groups is 1. The molecular formula is C13H6ClFN2O3. The summed E-state index contributed by atoms with van der Waals surface area (Å²) >= 11 is 5.87. The molecule has 0 aliphatic carbocycles. The van der Waals surface area contributed by atoms with E-state index in [4.69, 9.17) is 21.6 Å². The lowest BCUT2D eigenvalue weighted by atomic mass is 10.2. The molecular weight excluding hydrogens is 287 g/mol. The van der Waals surface area contributed by atoms with Gasteiger partial charge in [-0.3, -0.25) is 10.1 Å². The van der Waals surface area contributed by atoms with Crippen molar-refractivity contribution >= 4 is 17.3 Å². The number of benzene rings is 2. The van der Waals surface area contributed by atoms with E-state index in [9.17, 15) is 14.5 Å². The number of nitrogens with zero attached hydrogens (tertiary/aromatic N) is 2. The second kappa shape index (κ2) is 5.55. The van der Waals surface area contributed by atoms with Crippen molar-refractivity contribution in [1.82, 2.24) is 0 Å². The fourth-order valence-electron chi connectivity index (χ4n) is 1.48. The maximum Gasteiger partial charge on any atom is 0.273 e. The number of hydrogen-bond donors (Lipinski definition) is 0. The Morgan fingerprint density at radius 2 is 2.00 bits per heavy atom. The van der Waals surface area contributed by atoms with Crippen molar-refractivity contribution in [3.63, 3.8) is 0 Å². The number of ether oxygens (including phenoxy) is 1. The third-order valence-corrected chi connectivity index (χ3v) is 2.72. The molecule has 0 spiro atoms. The molecule has 5 nitrogen and oxygen atoms in total. The molecule has 0 unspecified atom stereocenters. The Bertz CT molecular complexity index is 728. The molecule has 0 fully saturated rings. The normalized spacial score (nSPS) is 9.85. The molecule has 100 valence electrons. The highest BCUT2D eigenvalue weighted by Gasteiger charge is 2.13. The monoisotopic (exact) mass is 292 g/mol. The maximum atomic E-state index is 13.0. The van der Waals surface area contributed by atoms with Gasteiger partial charge in [-0.05, 0) is 24.3 Å². The number of nitriles is 1. The van der Waals surface area contributed by atoms with Crippen LogP contribution >= 0.6 is 11.6 Å². The third kappa shape index (κ3) is 2.84. The predicted octanol–water partition coefficient (Wildman–Crippen LogP) is 4.05. The summed E-state index contributed by atoms with van der Waals surface area (Å²) in [6.45, 7) is 0. The van der Waals surface area contributed by atoms with E-state index in [0.717, 1.165) is 18.2 Å². The molecule has 0 aromatic heterocycles. The zero-order chi connectivity index (χ0) is 14.7. The zero-order valence-electron chi connectivity index (χ0n) is 9.84. The third-order valence-electron chi connectivity index (χ3n) is 2.41. The Morgan fingerprint density at radius 3 is 2.65 bits per heavy atom. The molecule has 2 aromatic carbocycles. The Hall–Kier alpha value is -2.65. The quantitative estimate of drug-likeness (QED) is 0.631. The van der Waals surface area contributed by atoms with Crippen molar-refractivity contribution in [2.24, 2.45) is 0 Å². The van der Waals surface area contributed by atoms with E-state index >= 15 is 0 Å². The van der Waals surface area contributed by atoms with Gasteiger partial charge in [0.15, 0.2) is 5.75 Å². The molecule has 20 heavy (non-hydrogen) atoms. The van der Waals surface area contributed by atoms with Gasteiger partial charge < -0.3 is 4.74 Å². The highest BCUT2D eigenvalue weighted by Crippen LogP contribution is 2.34. The average molecular weight is 293 g/mol. The zero-order valence-corrected chi connectivity index (χ0v) is 10.6. The topological polar surface area (TPSA) is 76.2 Å². The van der Waals surface area contributed by atoms with Crippen LogP contribution in [0, 0.1) is 27.3 Å². The summed E-state index contributed by atoms with van der Waals surface area (Å²) < 4.78 is 18.4. The van der Waals surface area contributed by atoms with Gasteiger partial charge in [0.25, 0.3) is 5.69 Å². The molecule has 2 rings (SSSR count). The molecule has 0 aliphatic heterocycles. The first-order valence-electron chi connectivity index (χ1n) is 5.32. The van der Waals surface area contributed by atoms with Crippen LogP contribution in [0.25, 0.3) is 0 Å². The molecule has 0 bridgehead atoms. The van der Waals surface area contributed by atoms with Crippen molar-refractivity contribution < 1.29 is 14.1 Å². The van der Waals surface area contributed by atoms with Gasteiger partial charge in [0.1, 0.15) is 17.6 Å². The summed E-state index contributed by atoms with van der Waals surface area (Å²) in [5, 5.41) is 19.7. The Kier molecular flexibility index (Phi) is 3.82. The first-order chi connectivity index (χ1) is 9.51. The summed E-state index contributed by atoms with van der Waals surface area (Å²) in [6, 6.07) is 8.81. The summed E-state index contributed by atoms with van der Waals surface area (Å²) in [5.74, 6) is -0.501. The first-order valence-corrected chi connectivity index (χ1v) is 5.70. The van der Waals surface area contributed by atoms with Crippen LogP contribution in [0.3, 0.4) is 0 Å². The first kappa shape index (κ1) is 13.8. The predicted molar refractivity (Wildman–Crippen MR) is 69.3 cm³/mol. The minimum absolute atomic E-state index is 0.0176. The van der Waals surface area contributed by atoms with Crippen LogP contribution in [0.2, 0.25) is 5.02 Å². The van der Waals surface area contributed by atoms with E-state index in [1.54, 1.807) is 6.07 Å². The molecule has 0 saturated carbocycles. The summed E-state index contributed by atoms with van der Waals surface area (Å²) in [4.78, 5) is 10.1. The summed E-state index contributed by atoms with van der Waals surface area (Å²) in [6.07, 6.45) is 0. The van der Waals surface area contributed by atoms with E-state index in [-0.39, 0.29) is 27.8 Å². The molecule has 0 amide bonds. The summed E-state index contributed by atoms with van der Waals surface area (Å²) in [7, 11) is 0. The number of hydrogen-bond acceptors (Lipinski definition) is 4. The van der Waals surface area contributed by atoms with Crippen molar-refractivity contribution in [3.8, 4) is 17.6 Å². The SMILES string of the molecule is N#Cc1cc(F)ccc1Oc1cc([N+](=O)[O-])ccc1Cl. The van der Waals surface area contributed by atoms with Crippen LogP contribution in [0.4, 0.5) is 10.1 Å². The number of nitro benzene ring substituents is 1. The fourth-order valence-corrected chi connectivity index (χ4v) is 1.64. The van der Waals surface area contributed by atoms with Gasteiger partial charge in [0.2, 0.25) is 0 Å². The molecule has 0 radical (unpaired) electrons. The van der Waals surface area contributed by atoms with Gasteiger partial charge >= 0.3 is 0 Å². The standard InChI is InChI=1S/C13H6ClFN2O3/c14-11-3-2-10(17(18)19)6-13(11)20-12-4-1-9(15)5-8(12)7-16/h1-6H. The maximum absolute atomic E-state index is 13.0. The van der Waals surface area contributed by atoms with Gasteiger partial charge in [0, 0.05) is 6.07 Å². The summed E-state index contributed by atoms with van der Waals surface area (Å²) in [5.41, 5.74) is -0.238. The lowest BCUT2D eigenvalue weighted by Gasteiger charge is -2.08. The van der Waals surface area contributed by atoms with Crippen molar-refractivity contribution in [3.05, 3.63) is 62.9 Å². The van der Waals surface area contributed by atoms with Gasteiger partial charge in [0.05, 0.1) is 21.6 Å².